The van der Waals surface area contributed by atoms with Crippen LogP contribution in [0.4, 0.5) is 4.79 Å². The van der Waals surface area contributed by atoms with Crippen LogP contribution in [0, 0.1) is 0 Å². The molecule has 0 aliphatic heterocycles. The van der Waals surface area contributed by atoms with Gasteiger partial charge >= 0.3 is 6.09 Å². The molecule has 4 rings (SSSR count). The number of aliphatic hydroxyl groups excluding tert-OH is 2. The number of ether oxygens (including phenoxy) is 1. The Labute approximate surface area is 174 Å². The van der Waals surface area contributed by atoms with E-state index >= 15 is 0 Å². The van der Waals surface area contributed by atoms with E-state index in [0.717, 1.165) is 11.1 Å². The van der Waals surface area contributed by atoms with E-state index in [4.69, 9.17) is 4.74 Å². The number of carbonyl (C=O) groups excluding carboxylic acids is 1. The number of nitrogens with zero attached hydrogens (tertiary/aromatic N) is 2. The summed E-state index contributed by atoms with van der Waals surface area (Å²) in [6, 6.07) is 16.3. The summed E-state index contributed by atoms with van der Waals surface area (Å²) >= 11 is 0. The lowest BCUT2D eigenvalue weighted by molar-refractivity contribution is 0.0136. The van der Waals surface area contributed by atoms with Gasteiger partial charge in [0, 0.05) is 31.3 Å². The van der Waals surface area contributed by atoms with Crippen molar-refractivity contribution < 1.29 is 19.7 Å². The van der Waals surface area contributed by atoms with E-state index in [0.29, 0.717) is 5.56 Å². The highest BCUT2D eigenvalue weighted by molar-refractivity contribution is 5.79. The number of amides is 1. The number of alkyl carbamates (subject to hydrolysis) is 1. The molecule has 1 heterocycles. The van der Waals surface area contributed by atoms with Crippen LogP contribution in [0.1, 0.15) is 35.1 Å². The van der Waals surface area contributed by atoms with Crippen LogP contribution in [-0.4, -0.2) is 45.3 Å². The average Bonchev–Trinajstić information content (AvgIpc) is 3.33. The van der Waals surface area contributed by atoms with Gasteiger partial charge in [-0.2, -0.15) is 5.10 Å². The normalized spacial score (nSPS) is 14.6. The van der Waals surface area contributed by atoms with Crippen molar-refractivity contribution in [3.8, 4) is 11.1 Å². The molecule has 3 aromatic rings. The van der Waals surface area contributed by atoms with Gasteiger partial charge in [-0.25, -0.2) is 4.79 Å². The zero-order valence-electron chi connectivity index (χ0n) is 16.7. The fourth-order valence-electron chi connectivity index (χ4n) is 3.94. The van der Waals surface area contributed by atoms with E-state index in [1.54, 1.807) is 17.9 Å². The summed E-state index contributed by atoms with van der Waals surface area (Å²) in [5.74, 6) is 0.00106. The fraction of sp³-hybridized carbons (Fsp3) is 0.304. The molecule has 7 nitrogen and oxygen atoms in total. The number of rotatable bonds is 7. The summed E-state index contributed by atoms with van der Waals surface area (Å²) in [7, 11) is 1.74. The van der Waals surface area contributed by atoms with Gasteiger partial charge in [0.2, 0.25) is 0 Å². The Morgan fingerprint density at radius 2 is 1.77 bits per heavy atom. The molecule has 2 unspecified atom stereocenters. The summed E-state index contributed by atoms with van der Waals surface area (Å²) < 4.78 is 7.02. The van der Waals surface area contributed by atoms with E-state index in [1.807, 2.05) is 24.3 Å². The van der Waals surface area contributed by atoms with E-state index in [2.05, 4.69) is 34.7 Å². The maximum absolute atomic E-state index is 12.2. The molecule has 1 amide bonds. The molecule has 0 radical (unpaired) electrons. The molecular formula is C23H25N3O4. The van der Waals surface area contributed by atoms with Gasteiger partial charge in [0.05, 0.1) is 12.3 Å². The first-order chi connectivity index (χ1) is 14.5. The summed E-state index contributed by atoms with van der Waals surface area (Å²) in [6.45, 7) is 0.426. The first-order valence-corrected chi connectivity index (χ1v) is 9.98. The second-order valence-electron chi connectivity index (χ2n) is 7.50. The van der Waals surface area contributed by atoms with Crippen LogP contribution in [0.15, 0.2) is 60.9 Å². The van der Waals surface area contributed by atoms with Gasteiger partial charge in [-0.1, -0.05) is 48.5 Å². The van der Waals surface area contributed by atoms with Gasteiger partial charge in [-0.05, 0) is 28.7 Å². The number of aryl methyl sites for hydroxylation is 1. The van der Waals surface area contributed by atoms with Crippen LogP contribution in [0.25, 0.3) is 11.1 Å². The highest BCUT2D eigenvalue weighted by Gasteiger charge is 2.29. The van der Waals surface area contributed by atoms with Crippen molar-refractivity contribution in [2.45, 2.75) is 24.5 Å². The van der Waals surface area contributed by atoms with Gasteiger partial charge in [-0.3, -0.25) is 4.68 Å². The van der Waals surface area contributed by atoms with Crippen LogP contribution in [0.3, 0.4) is 0 Å². The maximum atomic E-state index is 12.2. The summed E-state index contributed by atoms with van der Waals surface area (Å²) in [5.41, 5.74) is 5.19. The largest absolute Gasteiger partial charge is 0.449 e. The predicted molar refractivity (Wildman–Crippen MR) is 112 cm³/mol. The van der Waals surface area contributed by atoms with Gasteiger partial charge in [0.25, 0.3) is 0 Å². The first-order valence-electron chi connectivity index (χ1n) is 9.98. The van der Waals surface area contributed by atoms with Crippen molar-refractivity contribution in [3.05, 3.63) is 77.6 Å². The molecule has 1 aliphatic rings. The van der Waals surface area contributed by atoms with Gasteiger partial charge < -0.3 is 20.3 Å². The van der Waals surface area contributed by atoms with Gasteiger partial charge in [0.15, 0.2) is 0 Å². The molecule has 7 heteroatoms. The van der Waals surface area contributed by atoms with Crippen LogP contribution < -0.4 is 5.32 Å². The summed E-state index contributed by atoms with van der Waals surface area (Å²) in [5, 5.41) is 26.9. The van der Waals surface area contributed by atoms with Crippen molar-refractivity contribution in [1.29, 1.82) is 0 Å². The summed E-state index contributed by atoms with van der Waals surface area (Å²) in [6.07, 6.45) is 0.742. The Kier molecular flexibility index (Phi) is 5.83. The molecule has 3 N–H and O–H groups in total. The number of aliphatic hydroxyl groups is 2. The molecule has 2 atom stereocenters. The highest BCUT2D eigenvalue weighted by Crippen LogP contribution is 2.44. The Balaban J connectivity index is 1.28. The van der Waals surface area contributed by atoms with Crippen molar-refractivity contribution in [2.75, 3.05) is 13.2 Å². The van der Waals surface area contributed by atoms with Crippen molar-refractivity contribution in [1.82, 2.24) is 15.1 Å². The number of benzene rings is 2. The molecule has 156 valence electrons. The third kappa shape index (κ3) is 4.08. The molecule has 1 aliphatic carbocycles. The Morgan fingerprint density at radius 1 is 1.13 bits per heavy atom. The van der Waals surface area contributed by atoms with Gasteiger partial charge in [-0.15, -0.1) is 0 Å². The Bertz CT molecular complexity index is 987. The quantitative estimate of drug-likeness (QED) is 0.560. The van der Waals surface area contributed by atoms with Crippen molar-refractivity contribution >= 4 is 6.09 Å². The minimum Gasteiger partial charge on any atom is -0.449 e. The van der Waals surface area contributed by atoms with E-state index in [1.165, 1.54) is 17.3 Å². The fourth-order valence-corrected chi connectivity index (χ4v) is 3.94. The number of fused-ring (bicyclic) bond motifs is 3. The van der Waals surface area contributed by atoms with Crippen molar-refractivity contribution in [3.63, 3.8) is 0 Å². The Hall–Kier alpha value is -3.16. The molecule has 0 saturated heterocycles. The SMILES string of the molecule is Cn1cc(C(O)C(O)CCNC(=O)OCC2c3ccccc3-c3ccccc32)cn1. The minimum atomic E-state index is -1.05. The van der Waals surface area contributed by atoms with E-state index in [-0.39, 0.29) is 25.5 Å². The lowest BCUT2D eigenvalue weighted by Crippen LogP contribution is -2.30. The van der Waals surface area contributed by atoms with Gasteiger partial charge in [0.1, 0.15) is 12.7 Å². The highest BCUT2D eigenvalue weighted by atomic mass is 16.5. The topological polar surface area (TPSA) is 96.6 Å². The van der Waals surface area contributed by atoms with Crippen LogP contribution in [-0.2, 0) is 11.8 Å². The number of nitrogens with one attached hydrogen (secondary N) is 1. The number of hydrogen-bond donors (Lipinski definition) is 3. The van der Waals surface area contributed by atoms with Crippen molar-refractivity contribution in [2.24, 2.45) is 7.05 Å². The number of hydrogen-bond acceptors (Lipinski definition) is 5. The average molecular weight is 407 g/mol. The van der Waals surface area contributed by atoms with Crippen LogP contribution >= 0.6 is 0 Å². The zero-order valence-corrected chi connectivity index (χ0v) is 16.7. The minimum absolute atomic E-state index is 0.00106. The molecule has 0 bridgehead atoms. The van der Waals surface area contributed by atoms with E-state index < -0.39 is 18.3 Å². The third-order valence-electron chi connectivity index (χ3n) is 5.48. The standard InChI is InChI=1S/C23H25N3O4/c1-26-13-15(12-25-26)22(28)21(27)10-11-24-23(29)30-14-20-18-8-4-2-6-16(18)17-7-3-5-9-19(17)20/h2-9,12-13,20-22,27-28H,10-11,14H2,1H3,(H,24,29). The predicted octanol–water partition coefficient (Wildman–Crippen LogP) is 2.74. The van der Waals surface area contributed by atoms with E-state index in [9.17, 15) is 15.0 Å². The molecule has 0 fully saturated rings. The van der Waals surface area contributed by atoms with Crippen LogP contribution in [0.5, 0.6) is 0 Å². The first kappa shape index (κ1) is 20.1. The monoisotopic (exact) mass is 407 g/mol. The molecule has 2 aromatic carbocycles. The molecule has 0 saturated carbocycles. The third-order valence-corrected chi connectivity index (χ3v) is 5.48. The lowest BCUT2D eigenvalue weighted by atomic mass is 9.98. The lowest BCUT2D eigenvalue weighted by Gasteiger charge is -2.17. The molecule has 1 aromatic heterocycles. The summed E-state index contributed by atoms with van der Waals surface area (Å²) in [4.78, 5) is 12.2. The molecular weight excluding hydrogens is 382 g/mol. The second-order valence-corrected chi connectivity index (χ2v) is 7.50. The zero-order chi connectivity index (χ0) is 21.1. The number of carbonyl (C=O) groups is 1. The molecule has 0 spiro atoms. The smallest absolute Gasteiger partial charge is 0.407 e. The second kappa shape index (κ2) is 8.69. The van der Waals surface area contributed by atoms with Crippen LogP contribution in [0.2, 0.25) is 0 Å². The number of aromatic nitrogens is 2. The molecule has 30 heavy (non-hydrogen) atoms. The maximum Gasteiger partial charge on any atom is 0.407 e. The Morgan fingerprint density at radius 3 is 2.37 bits per heavy atom.